The lowest BCUT2D eigenvalue weighted by molar-refractivity contribution is -0.150. The second-order valence-electron chi connectivity index (χ2n) is 7.01. The van der Waals surface area contributed by atoms with E-state index in [0.29, 0.717) is 6.42 Å². The molecule has 0 aliphatic heterocycles. The molecule has 2 heteroatoms. The van der Waals surface area contributed by atoms with Gasteiger partial charge in [0.05, 0.1) is 5.92 Å². The van der Waals surface area contributed by atoms with Gasteiger partial charge < -0.3 is 4.74 Å². The van der Waals surface area contributed by atoms with Crippen molar-refractivity contribution >= 4 is 5.97 Å². The molecule has 2 aliphatic carbocycles. The molecule has 0 aromatic heterocycles. The van der Waals surface area contributed by atoms with Crippen molar-refractivity contribution in [3.63, 3.8) is 0 Å². The van der Waals surface area contributed by atoms with Crippen LogP contribution in [0.15, 0.2) is 11.1 Å². The molecule has 0 spiro atoms. The number of rotatable bonds is 3. The first-order chi connectivity index (χ1) is 8.73. The number of carbonyl (C=O) groups excluding carboxylic acids is 1. The highest BCUT2D eigenvalue weighted by Gasteiger charge is 2.69. The number of hydrogen-bond acceptors (Lipinski definition) is 2. The van der Waals surface area contributed by atoms with Crippen molar-refractivity contribution < 1.29 is 9.53 Å². The van der Waals surface area contributed by atoms with Crippen molar-refractivity contribution in [3.05, 3.63) is 11.1 Å². The average Bonchev–Trinajstić information content (AvgIpc) is 2.54. The molecule has 1 unspecified atom stereocenters. The maximum Gasteiger partial charge on any atom is 0.310 e. The minimum atomic E-state index is -0.0527. The normalized spacial score (nSPS) is 28.1. The van der Waals surface area contributed by atoms with Crippen LogP contribution in [0.5, 0.6) is 0 Å². The van der Waals surface area contributed by atoms with E-state index in [9.17, 15) is 4.79 Å². The Morgan fingerprint density at radius 3 is 2.42 bits per heavy atom. The molecule has 104 valence electrons. The predicted molar refractivity (Wildman–Crippen MR) is 76.3 cm³/mol. The molecule has 2 rings (SSSR count). The summed E-state index contributed by atoms with van der Waals surface area (Å²) in [4.78, 5) is 12.3. The van der Waals surface area contributed by atoms with Crippen molar-refractivity contribution in [2.75, 3.05) is 0 Å². The van der Waals surface area contributed by atoms with E-state index in [4.69, 9.17) is 11.2 Å². The van der Waals surface area contributed by atoms with Gasteiger partial charge in [0, 0.05) is 6.42 Å². The Hall–Kier alpha value is -1.23. The van der Waals surface area contributed by atoms with E-state index in [1.54, 1.807) is 0 Å². The van der Waals surface area contributed by atoms with Crippen LogP contribution in [0.2, 0.25) is 0 Å². The first kappa shape index (κ1) is 14.2. The molecule has 0 radical (unpaired) electrons. The molecular weight excluding hydrogens is 236 g/mol. The summed E-state index contributed by atoms with van der Waals surface area (Å²) in [5, 5.41) is 0. The summed E-state index contributed by atoms with van der Waals surface area (Å²) >= 11 is 0. The third kappa shape index (κ3) is 2.10. The summed E-state index contributed by atoms with van der Waals surface area (Å²) in [6.45, 7) is 10.6. The Balaban J connectivity index is 2.01. The van der Waals surface area contributed by atoms with Gasteiger partial charge in [0.25, 0.3) is 0 Å². The molecule has 0 amide bonds. The van der Waals surface area contributed by atoms with Crippen LogP contribution in [0.25, 0.3) is 0 Å². The highest BCUT2D eigenvalue weighted by Crippen LogP contribution is 2.68. The van der Waals surface area contributed by atoms with Crippen molar-refractivity contribution in [1.82, 2.24) is 0 Å². The topological polar surface area (TPSA) is 26.3 Å². The largest absolute Gasteiger partial charge is 0.458 e. The van der Waals surface area contributed by atoms with Crippen molar-refractivity contribution in [1.29, 1.82) is 0 Å². The lowest BCUT2D eigenvalue weighted by Crippen LogP contribution is -2.20. The number of allylic oxidation sites excluding steroid dienone is 1. The van der Waals surface area contributed by atoms with Crippen molar-refractivity contribution in [2.24, 2.45) is 16.7 Å². The van der Waals surface area contributed by atoms with Crippen LogP contribution in [-0.4, -0.2) is 12.1 Å². The lowest BCUT2D eigenvalue weighted by Gasteiger charge is -2.14. The number of terminal acetylenes is 1. The van der Waals surface area contributed by atoms with E-state index >= 15 is 0 Å². The lowest BCUT2D eigenvalue weighted by atomic mass is 10.0. The van der Waals surface area contributed by atoms with E-state index in [0.717, 1.165) is 12.8 Å². The van der Waals surface area contributed by atoms with Crippen molar-refractivity contribution in [3.8, 4) is 12.3 Å². The Kier molecular flexibility index (Phi) is 3.29. The highest BCUT2D eigenvalue weighted by atomic mass is 16.5. The summed E-state index contributed by atoms with van der Waals surface area (Å²) < 4.78 is 5.73. The summed E-state index contributed by atoms with van der Waals surface area (Å²) in [6, 6.07) is 0. The van der Waals surface area contributed by atoms with Gasteiger partial charge in [-0.1, -0.05) is 33.3 Å². The van der Waals surface area contributed by atoms with E-state index < -0.39 is 0 Å². The number of hydrogen-bond donors (Lipinski definition) is 0. The first-order valence-electron chi connectivity index (χ1n) is 7.06. The Labute approximate surface area is 116 Å². The molecule has 0 heterocycles. The summed E-state index contributed by atoms with van der Waals surface area (Å²) in [5.41, 5.74) is 2.53. The van der Waals surface area contributed by atoms with Crippen LogP contribution in [0.3, 0.4) is 0 Å². The zero-order valence-corrected chi connectivity index (χ0v) is 12.7. The second-order valence-corrected chi connectivity index (χ2v) is 7.01. The van der Waals surface area contributed by atoms with Crippen LogP contribution in [-0.2, 0) is 9.53 Å². The third-order valence-corrected chi connectivity index (χ3v) is 5.58. The molecule has 0 aromatic rings. The molecule has 1 fully saturated rings. The molecule has 0 aromatic carbocycles. The van der Waals surface area contributed by atoms with Crippen LogP contribution >= 0.6 is 0 Å². The number of carbonyl (C=O) groups is 1. The Morgan fingerprint density at radius 2 is 1.95 bits per heavy atom. The molecule has 2 aliphatic rings. The van der Waals surface area contributed by atoms with Gasteiger partial charge in [0.1, 0.15) is 6.10 Å². The van der Waals surface area contributed by atoms with Crippen LogP contribution < -0.4 is 0 Å². The van der Waals surface area contributed by atoms with Gasteiger partial charge in [0.15, 0.2) is 0 Å². The zero-order chi connectivity index (χ0) is 14.4. The molecule has 1 atom stereocenters. The molecule has 2 nitrogen and oxygen atoms in total. The van der Waals surface area contributed by atoms with Crippen LogP contribution in [0.4, 0.5) is 0 Å². The maximum absolute atomic E-state index is 12.3. The molecule has 0 N–H and O–H groups in total. The van der Waals surface area contributed by atoms with Gasteiger partial charge in [-0.05, 0) is 36.2 Å². The molecule has 0 saturated heterocycles. The molecule has 0 bridgehead atoms. The van der Waals surface area contributed by atoms with E-state index in [1.165, 1.54) is 11.1 Å². The minimum Gasteiger partial charge on any atom is -0.458 e. The SMILES string of the molecule is C#CCC1=C(C)C(OC(=O)C2C(C)(C)C2(C)C)CC1. The number of esters is 1. The van der Waals surface area contributed by atoms with Gasteiger partial charge in [-0.3, -0.25) is 4.79 Å². The van der Waals surface area contributed by atoms with Crippen molar-refractivity contribution in [2.45, 2.75) is 60.0 Å². The van der Waals surface area contributed by atoms with E-state index in [2.05, 4.69) is 33.6 Å². The highest BCUT2D eigenvalue weighted by molar-refractivity contribution is 5.79. The molecular formula is C17H24O2. The quantitative estimate of drug-likeness (QED) is 0.439. The standard InChI is InChI=1S/C17H24O2/c1-7-8-12-9-10-13(11(12)2)19-15(18)14-16(3,4)17(14,5)6/h1,13-14H,8-10H2,2-6H3. The molecule has 1 saturated carbocycles. The number of ether oxygens (including phenoxy) is 1. The summed E-state index contributed by atoms with van der Waals surface area (Å²) in [6.07, 6.45) is 7.84. The minimum absolute atomic E-state index is 0.0180. The van der Waals surface area contributed by atoms with E-state index in [1.807, 2.05) is 6.92 Å². The second kappa shape index (κ2) is 4.40. The van der Waals surface area contributed by atoms with Crippen LogP contribution in [0.1, 0.15) is 53.9 Å². The first-order valence-corrected chi connectivity index (χ1v) is 7.06. The fourth-order valence-corrected chi connectivity index (χ4v) is 3.44. The summed E-state index contributed by atoms with van der Waals surface area (Å²) in [7, 11) is 0. The van der Waals surface area contributed by atoms with E-state index in [-0.39, 0.29) is 28.8 Å². The van der Waals surface area contributed by atoms with Gasteiger partial charge >= 0.3 is 5.97 Å². The van der Waals surface area contributed by atoms with Gasteiger partial charge in [-0.2, -0.15) is 0 Å². The predicted octanol–water partition coefficient (Wildman–Crippen LogP) is 3.71. The van der Waals surface area contributed by atoms with Gasteiger partial charge in [0.2, 0.25) is 0 Å². The smallest absolute Gasteiger partial charge is 0.310 e. The monoisotopic (exact) mass is 260 g/mol. The maximum atomic E-state index is 12.3. The zero-order valence-electron chi connectivity index (χ0n) is 12.7. The molecule has 19 heavy (non-hydrogen) atoms. The Bertz CT molecular complexity index is 460. The summed E-state index contributed by atoms with van der Waals surface area (Å²) in [5.74, 6) is 2.65. The third-order valence-electron chi connectivity index (χ3n) is 5.58. The van der Waals surface area contributed by atoms with Gasteiger partial charge in [-0.15, -0.1) is 12.3 Å². The fraction of sp³-hybridized carbons (Fsp3) is 0.706. The fourth-order valence-electron chi connectivity index (χ4n) is 3.44. The Morgan fingerprint density at radius 1 is 1.37 bits per heavy atom. The van der Waals surface area contributed by atoms with Crippen LogP contribution in [0, 0.1) is 29.1 Å². The van der Waals surface area contributed by atoms with Gasteiger partial charge in [-0.25, -0.2) is 0 Å². The average molecular weight is 260 g/mol.